The molecule has 0 aliphatic rings. The largest absolute Gasteiger partial charge is 0.489 e. The third kappa shape index (κ3) is 4.58. The van der Waals surface area contributed by atoms with Crippen LogP contribution in [0.5, 0.6) is 5.75 Å². The second kappa shape index (κ2) is 6.80. The highest BCUT2D eigenvalue weighted by Gasteiger charge is 2.10. The van der Waals surface area contributed by atoms with Crippen molar-refractivity contribution in [3.63, 3.8) is 0 Å². The van der Waals surface area contributed by atoms with Crippen molar-refractivity contribution in [1.29, 1.82) is 0 Å². The molecule has 1 aromatic heterocycles. The molecule has 18 heavy (non-hydrogen) atoms. The smallest absolute Gasteiger partial charge is 0.252 e. The molecule has 0 aliphatic heterocycles. The van der Waals surface area contributed by atoms with Crippen LogP contribution < -0.4 is 16.2 Å². The number of primary amides is 1. The summed E-state index contributed by atoms with van der Waals surface area (Å²) < 4.78 is 10.7. The Kier molecular flexibility index (Phi) is 5.38. The molecule has 4 N–H and O–H groups in total. The van der Waals surface area contributed by atoms with E-state index in [1.165, 1.54) is 12.3 Å². The molecule has 1 heterocycles. The molecule has 6 heteroatoms. The monoisotopic (exact) mass is 253 g/mol. The van der Waals surface area contributed by atoms with Gasteiger partial charge in [-0.2, -0.15) is 0 Å². The Morgan fingerprint density at radius 1 is 1.44 bits per heavy atom. The van der Waals surface area contributed by atoms with Crippen molar-refractivity contribution in [3.05, 3.63) is 17.8 Å². The zero-order valence-corrected chi connectivity index (χ0v) is 10.7. The summed E-state index contributed by atoms with van der Waals surface area (Å²) >= 11 is 0. The van der Waals surface area contributed by atoms with Crippen LogP contribution in [0.2, 0.25) is 0 Å². The lowest BCUT2D eigenvalue weighted by molar-refractivity contribution is 0.0809. The molecule has 0 saturated heterocycles. The molecule has 0 fully saturated rings. The summed E-state index contributed by atoms with van der Waals surface area (Å²) in [5.74, 6) is 0.434. The minimum Gasteiger partial charge on any atom is -0.489 e. The summed E-state index contributed by atoms with van der Waals surface area (Å²) in [5, 5.41) is 0. The molecule has 0 spiro atoms. The number of amides is 1. The number of pyridine rings is 1. The summed E-state index contributed by atoms with van der Waals surface area (Å²) in [6.45, 7) is 5.58. The Hall–Kier alpha value is -1.82. The van der Waals surface area contributed by atoms with Gasteiger partial charge in [-0.1, -0.05) is 13.8 Å². The van der Waals surface area contributed by atoms with Crippen molar-refractivity contribution in [2.24, 2.45) is 11.7 Å². The number of hydrogen-bond donors (Lipinski definition) is 2. The van der Waals surface area contributed by atoms with Gasteiger partial charge in [0.05, 0.1) is 18.4 Å². The van der Waals surface area contributed by atoms with Gasteiger partial charge in [0.15, 0.2) is 5.75 Å². The fraction of sp³-hybridized carbons (Fsp3) is 0.500. The minimum absolute atomic E-state index is 0.228. The number of aromatic nitrogens is 1. The van der Waals surface area contributed by atoms with Crippen molar-refractivity contribution in [2.75, 3.05) is 25.6 Å². The number of nitrogen functional groups attached to an aromatic ring is 1. The van der Waals surface area contributed by atoms with E-state index in [0.717, 1.165) is 0 Å². The highest BCUT2D eigenvalue weighted by atomic mass is 16.5. The quantitative estimate of drug-likeness (QED) is 0.700. The third-order valence-electron chi connectivity index (χ3n) is 2.09. The molecule has 0 aromatic carbocycles. The van der Waals surface area contributed by atoms with Gasteiger partial charge in [-0.05, 0) is 12.0 Å². The van der Waals surface area contributed by atoms with Gasteiger partial charge in [0.2, 0.25) is 0 Å². The highest BCUT2D eigenvalue weighted by molar-refractivity contribution is 5.96. The number of hydrogen-bond acceptors (Lipinski definition) is 5. The van der Waals surface area contributed by atoms with Gasteiger partial charge >= 0.3 is 0 Å². The molecule has 0 aliphatic carbocycles. The standard InChI is InChI=1S/C12H19N3O3/c1-8(2)7-17-3-4-18-10-6-15-11(13)5-9(10)12(14)16/h5-6,8H,3-4,7H2,1-2H3,(H2,13,15)(H2,14,16). The first-order valence-corrected chi connectivity index (χ1v) is 5.76. The maximum absolute atomic E-state index is 11.2. The molecule has 0 radical (unpaired) electrons. The van der Waals surface area contributed by atoms with Crippen molar-refractivity contribution in [1.82, 2.24) is 4.98 Å². The van der Waals surface area contributed by atoms with Crippen LogP contribution in [0.15, 0.2) is 12.3 Å². The summed E-state index contributed by atoms with van der Waals surface area (Å²) in [4.78, 5) is 15.0. The Morgan fingerprint density at radius 3 is 2.78 bits per heavy atom. The molecule has 1 amide bonds. The lowest BCUT2D eigenvalue weighted by Gasteiger charge is -2.10. The van der Waals surface area contributed by atoms with E-state index in [1.54, 1.807) is 0 Å². The molecule has 1 rings (SSSR count). The fourth-order valence-electron chi connectivity index (χ4n) is 1.30. The molecule has 0 saturated carbocycles. The minimum atomic E-state index is -0.595. The van der Waals surface area contributed by atoms with E-state index in [1.807, 2.05) is 0 Å². The second-order valence-electron chi connectivity index (χ2n) is 4.29. The zero-order chi connectivity index (χ0) is 13.5. The van der Waals surface area contributed by atoms with Gasteiger partial charge in [-0.25, -0.2) is 4.98 Å². The van der Waals surface area contributed by atoms with E-state index in [-0.39, 0.29) is 11.4 Å². The molecular weight excluding hydrogens is 234 g/mol. The van der Waals surface area contributed by atoms with Crippen LogP contribution in [0.4, 0.5) is 5.82 Å². The van der Waals surface area contributed by atoms with Gasteiger partial charge in [-0.15, -0.1) is 0 Å². The van der Waals surface area contributed by atoms with E-state index >= 15 is 0 Å². The molecule has 1 aromatic rings. The first-order chi connectivity index (χ1) is 8.50. The predicted molar refractivity (Wildman–Crippen MR) is 68.3 cm³/mol. The third-order valence-corrected chi connectivity index (χ3v) is 2.09. The van der Waals surface area contributed by atoms with Crippen molar-refractivity contribution < 1.29 is 14.3 Å². The van der Waals surface area contributed by atoms with Gasteiger partial charge in [0.25, 0.3) is 5.91 Å². The van der Waals surface area contributed by atoms with Crippen molar-refractivity contribution >= 4 is 11.7 Å². The van der Waals surface area contributed by atoms with E-state index in [4.69, 9.17) is 20.9 Å². The second-order valence-corrected chi connectivity index (χ2v) is 4.29. The van der Waals surface area contributed by atoms with Crippen LogP contribution in [0, 0.1) is 5.92 Å². The van der Waals surface area contributed by atoms with Crippen molar-refractivity contribution in [3.8, 4) is 5.75 Å². The lowest BCUT2D eigenvalue weighted by Crippen LogP contribution is -2.16. The number of nitrogens with zero attached hydrogens (tertiary/aromatic N) is 1. The van der Waals surface area contributed by atoms with Crippen LogP contribution in [-0.2, 0) is 4.74 Å². The SMILES string of the molecule is CC(C)COCCOc1cnc(N)cc1C(N)=O. The number of rotatable bonds is 7. The maximum atomic E-state index is 11.2. The van der Waals surface area contributed by atoms with Crippen LogP contribution in [0.1, 0.15) is 24.2 Å². The molecular formula is C12H19N3O3. The van der Waals surface area contributed by atoms with E-state index in [9.17, 15) is 4.79 Å². The first kappa shape index (κ1) is 14.2. The van der Waals surface area contributed by atoms with Crippen LogP contribution in [0.25, 0.3) is 0 Å². The maximum Gasteiger partial charge on any atom is 0.252 e. The van der Waals surface area contributed by atoms with E-state index in [0.29, 0.717) is 31.5 Å². The number of carbonyl (C=O) groups is 1. The average molecular weight is 253 g/mol. The fourth-order valence-corrected chi connectivity index (χ4v) is 1.30. The molecule has 0 bridgehead atoms. The first-order valence-electron chi connectivity index (χ1n) is 5.76. The molecule has 0 atom stereocenters. The summed E-state index contributed by atoms with van der Waals surface area (Å²) in [7, 11) is 0. The van der Waals surface area contributed by atoms with Crippen molar-refractivity contribution in [2.45, 2.75) is 13.8 Å². The number of carbonyl (C=O) groups excluding carboxylic acids is 1. The van der Waals surface area contributed by atoms with E-state index in [2.05, 4.69) is 18.8 Å². The predicted octanol–water partition coefficient (Wildman–Crippen LogP) is 0.814. The Morgan fingerprint density at radius 2 is 2.17 bits per heavy atom. The van der Waals surface area contributed by atoms with Gasteiger partial charge in [0.1, 0.15) is 12.4 Å². The summed E-state index contributed by atoms with van der Waals surface area (Å²) in [6, 6.07) is 1.40. The lowest BCUT2D eigenvalue weighted by atomic mass is 10.2. The highest BCUT2D eigenvalue weighted by Crippen LogP contribution is 2.18. The van der Waals surface area contributed by atoms with Gasteiger partial charge in [-0.3, -0.25) is 4.79 Å². The normalized spacial score (nSPS) is 10.6. The number of ether oxygens (including phenoxy) is 2. The van der Waals surface area contributed by atoms with Crippen LogP contribution in [0.3, 0.4) is 0 Å². The molecule has 0 unspecified atom stereocenters. The Labute approximate surface area is 106 Å². The van der Waals surface area contributed by atoms with E-state index < -0.39 is 5.91 Å². The molecule has 6 nitrogen and oxygen atoms in total. The number of nitrogens with two attached hydrogens (primary N) is 2. The average Bonchev–Trinajstić information content (AvgIpc) is 2.29. The topological polar surface area (TPSA) is 100 Å². The molecule has 100 valence electrons. The Balaban J connectivity index is 2.49. The zero-order valence-electron chi connectivity index (χ0n) is 10.7. The number of anilines is 1. The summed E-state index contributed by atoms with van der Waals surface area (Å²) in [5.41, 5.74) is 10.9. The van der Waals surface area contributed by atoms with Gasteiger partial charge < -0.3 is 20.9 Å². The summed E-state index contributed by atoms with van der Waals surface area (Å²) in [6.07, 6.45) is 1.39. The van der Waals surface area contributed by atoms with Crippen LogP contribution >= 0.6 is 0 Å². The Bertz CT molecular complexity index is 408. The van der Waals surface area contributed by atoms with Gasteiger partial charge in [0, 0.05) is 6.61 Å². The van der Waals surface area contributed by atoms with Crippen LogP contribution in [-0.4, -0.2) is 30.7 Å².